The average molecular weight is 263 g/mol. The van der Waals surface area contributed by atoms with Crippen LogP contribution in [0.25, 0.3) is 0 Å². The fourth-order valence-electron chi connectivity index (χ4n) is 1.90. The number of aliphatic hydroxyl groups excluding tert-OH is 1. The molecule has 2 aromatic rings. The summed E-state index contributed by atoms with van der Waals surface area (Å²) in [7, 11) is 0. The van der Waals surface area contributed by atoms with E-state index < -0.39 is 11.6 Å². The van der Waals surface area contributed by atoms with Crippen molar-refractivity contribution in [1.82, 2.24) is 5.32 Å². The molecule has 0 unspecified atom stereocenters. The Hall–Kier alpha value is -1.78. The highest BCUT2D eigenvalue weighted by Crippen LogP contribution is 2.16. The number of aliphatic hydroxyl groups is 1. The molecule has 100 valence electrons. The lowest BCUT2D eigenvalue weighted by Gasteiger charge is -2.17. The topological polar surface area (TPSA) is 32.3 Å². The van der Waals surface area contributed by atoms with Crippen LogP contribution in [-0.2, 0) is 6.54 Å². The predicted molar refractivity (Wildman–Crippen MR) is 69.5 cm³/mol. The van der Waals surface area contributed by atoms with Gasteiger partial charge in [-0.05, 0) is 17.7 Å². The lowest BCUT2D eigenvalue weighted by molar-refractivity contribution is 0.242. The molecule has 0 aromatic heterocycles. The molecule has 2 rings (SSSR count). The quantitative estimate of drug-likeness (QED) is 0.869. The number of nitrogens with one attached hydrogen (secondary N) is 1. The first-order valence-corrected chi connectivity index (χ1v) is 6.04. The minimum atomic E-state index is -0.586. The maximum Gasteiger partial charge on any atom is 0.130 e. The molecule has 0 radical (unpaired) electrons. The van der Waals surface area contributed by atoms with Crippen molar-refractivity contribution in [2.24, 2.45) is 0 Å². The molecule has 1 atom stereocenters. The largest absolute Gasteiger partial charge is 0.394 e. The van der Waals surface area contributed by atoms with E-state index in [-0.39, 0.29) is 24.8 Å². The highest BCUT2D eigenvalue weighted by Gasteiger charge is 2.13. The van der Waals surface area contributed by atoms with Gasteiger partial charge in [0, 0.05) is 12.1 Å². The van der Waals surface area contributed by atoms with Crippen molar-refractivity contribution in [2.45, 2.75) is 12.6 Å². The van der Waals surface area contributed by atoms with Crippen LogP contribution in [0.5, 0.6) is 0 Å². The summed E-state index contributed by atoms with van der Waals surface area (Å²) in [5, 5.41) is 12.3. The van der Waals surface area contributed by atoms with Crippen LogP contribution in [0.3, 0.4) is 0 Å². The number of hydrogen-bond donors (Lipinski definition) is 2. The van der Waals surface area contributed by atoms with Crippen molar-refractivity contribution < 1.29 is 13.9 Å². The second-order valence-electron chi connectivity index (χ2n) is 4.23. The van der Waals surface area contributed by atoms with E-state index in [1.165, 1.54) is 18.2 Å². The first-order chi connectivity index (χ1) is 9.22. The van der Waals surface area contributed by atoms with E-state index in [1.807, 2.05) is 30.3 Å². The summed E-state index contributed by atoms with van der Waals surface area (Å²) in [6.07, 6.45) is 0. The van der Waals surface area contributed by atoms with E-state index in [0.717, 1.165) is 5.56 Å². The molecule has 0 heterocycles. The van der Waals surface area contributed by atoms with Gasteiger partial charge in [-0.3, -0.25) is 0 Å². The van der Waals surface area contributed by atoms with Gasteiger partial charge in [0.1, 0.15) is 11.6 Å². The Morgan fingerprint density at radius 3 is 2.16 bits per heavy atom. The SMILES string of the molecule is OC[C@@H](NCc1c(F)cccc1F)c1ccccc1. The number of rotatable bonds is 5. The molecule has 19 heavy (non-hydrogen) atoms. The van der Waals surface area contributed by atoms with Crippen LogP contribution in [0.15, 0.2) is 48.5 Å². The zero-order valence-electron chi connectivity index (χ0n) is 10.3. The summed E-state index contributed by atoms with van der Waals surface area (Å²) in [5.74, 6) is -1.17. The number of halogens is 2. The number of hydrogen-bond acceptors (Lipinski definition) is 2. The summed E-state index contributed by atoms with van der Waals surface area (Å²) >= 11 is 0. The van der Waals surface area contributed by atoms with Crippen LogP contribution in [0, 0.1) is 11.6 Å². The third-order valence-corrected chi connectivity index (χ3v) is 2.97. The molecule has 0 bridgehead atoms. The summed E-state index contributed by atoms with van der Waals surface area (Å²) in [4.78, 5) is 0. The standard InChI is InChI=1S/C15H15F2NO/c16-13-7-4-8-14(17)12(13)9-18-15(10-19)11-5-2-1-3-6-11/h1-8,15,18-19H,9-10H2/t15-/m1/s1. The smallest absolute Gasteiger partial charge is 0.130 e. The Labute approximate surface area is 110 Å². The predicted octanol–water partition coefficient (Wildman–Crippen LogP) is 2.79. The van der Waals surface area contributed by atoms with Crippen molar-refractivity contribution in [3.05, 3.63) is 71.3 Å². The van der Waals surface area contributed by atoms with E-state index in [4.69, 9.17) is 0 Å². The maximum absolute atomic E-state index is 13.5. The minimum absolute atomic E-state index is 0.0168. The van der Waals surface area contributed by atoms with Crippen LogP contribution in [0.4, 0.5) is 8.78 Å². The van der Waals surface area contributed by atoms with E-state index in [1.54, 1.807) is 0 Å². The molecule has 0 aliphatic carbocycles. The lowest BCUT2D eigenvalue weighted by atomic mass is 10.1. The Morgan fingerprint density at radius 2 is 1.58 bits per heavy atom. The molecule has 0 spiro atoms. The van der Waals surface area contributed by atoms with Crippen molar-refractivity contribution in [2.75, 3.05) is 6.61 Å². The molecule has 0 saturated heterocycles. The van der Waals surface area contributed by atoms with Crippen LogP contribution < -0.4 is 5.32 Å². The molecule has 2 nitrogen and oxygen atoms in total. The summed E-state index contributed by atoms with van der Waals surface area (Å²) in [5.41, 5.74) is 0.860. The van der Waals surface area contributed by atoms with E-state index in [2.05, 4.69) is 5.32 Å². The molecule has 0 fully saturated rings. The monoisotopic (exact) mass is 263 g/mol. The van der Waals surface area contributed by atoms with Gasteiger partial charge in [0.05, 0.1) is 12.6 Å². The van der Waals surface area contributed by atoms with Gasteiger partial charge >= 0.3 is 0 Å². The molecular weight excluding hydrogens is 248 g/mol. The molecule has 2 aromatic carbocycles. The van der Waals surface area contributed by atoms with Gasteiger partial charge in [0.25, 0.3) is 0 Å². The highest BCUT2D eigenvalue weighted by molar-refractivity contribution is 5.22. The Balaban J connectivity index is 2.09. The first-order valence-electron chi connectivity index (χ1n) is 6.04. The van der Waals surface area contributed by atoms with Crippen molar-refractivity contribution in [3.63, 3.8) is 0 Å². The fourth-order valence-corrected chi connectivity index (χ4v) is 1.90. The van der Waals surface area contributed by atoms with Gasteiger partial charge in [-0.1, -0.05) is 36.4 Å². The number of benzene rings is 2. The van der Waals surface area contributed by atoms with Crippen LogP contribution in [0.1, 0.15) is 17.2 Å². The van der Waals surface area contributed by atoms with Crippen molar-refractivity contribution in [1.29, 1.82) is 0 Å². The molecule has 0 aliphatic rings. The lowest BCUT2D eigenvalue weighted by Crippen LogP contribution is -2.24. The van der Waals surface area contributed by atoms with Crippen LogP contribution in [-0.4, -0.2) is 11.7 Å². The molecule has 2 N–H and O–H groups in total. The summed E-state index contributed by atoms with van der Waals surface area (Å²) < 4.78 is 26.9. The van der Waals surface area contributed by atoms with Crippen molar-refractivity contribution in [3.8, 4) is 0 Å². The molecule has 0 amide bonds. The van der Waals surface area contributed by atoms with Crippen molar-refractivity contribution >= 4 is 0 Å². The Morgan fingerprint density at radius 1 is 0.947 bits per heavy atom. The Kier molecular flexibility index (Phi) is 4.60. The van der Waals surface area contributed by atoms with Crippen LogP contribution in [0.2, 0.25) is 0 Å². The third kappa shape index (κ3) is 3.36. The van der Waals surface area contributed by atoms with Gasteiger partial charge < -0.3 is 10.4 Å². The first kappa shape index (κ1) is 13.6. The van der Waals surface area contributed by atoms with Gasteiger partial charge in [0.15, 0.2) is 0 Å². The average Bonchev–Trinajstić information content (AvgIpc) is 2.43. The van der Waals surface area contributed by atoms with E-state index in [0.29, 0.717) is 0 Å². The van der Waals surface area contributed by atoms with Gasteiger partial charge in [-0.25, -0.2) is 8.78 Å². The molecule has 0 aliphatic heterocycles. The van der Waals surface area contributed by atoms with E-state index in [9.17, 15) is 13.9 Å². The molecule has 4 heteroatoms. The molecular formula is C15H15F2NO. The second-order valence-corrected chi connectivity index (χ2v) is 4.23. The zero-order valence-corrected chi connectivity index (χ0v) is 10.3. The Bertz CT molecular complexity index is 511. The third-order valence-electron chi connectivity index (χ3n) is 2.97. The summed E-state index contributed by atoms with van der Waals surface area (Å²) in [6, 6.07) is 12.7. The highest BCUT2D eigenvalue weighted by atomic mass is 19.1. The van der Waals surface area contributed by atoms with Gasteiger partial charge in [-0.15, -0.1) is 0 Å². The second kappa shape index (κ2) is 6.41. The van der Waals surface area contributed by atoms with Gasteiger partial charge in [-0.2, -0.15) is 0 Å². The van der Waals surface area contributed by atoms with E-state index >= 15 is 0 Å². The van der Waals surface area contributed by atoms with Gasteiger partial charge in [0.2, 0.25) is 0 Å². The maximum atomic E-state index is 13.5. The van der Waals surface area contributed by atoms with Crippen LogP contribution >= 0.6 is 0 Å². The fraction of sp³-hybridized carbons (Fsp3) is 0.200. The molecule has 0 saturated carbocycles. The summed E-state index contributed by atoms with van der Waals surface area (Å²) in [6.45, 7) is -0.112. The zero-order chi connectivity index (χ0) is 13.7. The normalized spacial score (nSPS) is 12.4. The minimum Gasteiger partial charge on any atom is -0.394 e.